The maximum absolute atomic E-state index is 9.41. The molecule has 0 saturated carbocycles. The lowest BCUT2D eigenvalue weighted by atomic mass is 10.00. The van der Waals surface area contributed by atoms with Crippen LogP contribution in [0.2, 0.25) is 0 Å². The smallest absolute Gasteiger partial charge is 0.144 e. The highest BCUT2D eigenvalue weighted by atomic mass is 16.5. The third kappa shape index (κ3) is 2.86. The number of nitriles is 1. The number of nitrogen functional groups attached to an aromatic ring is 2. The van der Waals surface area contributed by atoms with Crippen molar-refractivity contribution in [2.45, 2.75) is 12.8 Å². The minimum Gasteiger partial charge on any atom is -0.497 e. The number of nitrogens with zero attached hydrogens (tertiary/aromatic N) is 3. The SMILES string of the molecule is COc1cc(-c2cc(N)nc(N)c2C#N)cc(N2CCCC2)c1. The van der Waals surface area contributed by atoms with Crippen molar-refractivity contribution >= 4 is 17.3 Å². The second-order valence-corrected chi connectivity index (χ2v) is 5.58. The molecule has 0 radical (unpaired) electrons. The number of ether oxygens (including phenoxy) is 1. The maximum Gasteiger partial charge on any atom is 0.144 e. The lowest BCUT2D eigenvalue weighted by molar-refractivity contribution is 0.415. The van der Waals surface area contributed by atoms with E-state index in [0.717, 1.165) is 30.1 Å². The molecule has 0 aliphatic carbocycles. The van der Waals surface area contributed by atoms with Gasteiger partial charge in [-0.25, -0.2) is 4.98 Å². The van der Waals surface area contributed by atoms with Gasteiger partial charge in [-0.05, 0) is 36.6 Å². The molecule has 4 N–H and O–H groups in total. The average molecular weight is 309 g/mol. The van der Waals surface area contributed by atoms with Crippen LogP contribution < -0.4 is 21.1 Å². The molecule has 0 atom stereocenters. The van der Waals surface area contributed by atoms with Crippen molar-refractivity contribution in [2.75, 3.05) is 36.6 Å². The summed E-state index contributed by atoms with van der Waals surface area (Å²) in [6, 6.07) is 9.73. The molecule has 2 heterocycles. The molecule has 0 unspecified atom stereocenters. The number of hydrogen-bond acceptors (Lipinski definition) is 6. The van der Waals surface area contributed by atoms with Crippen LogP contribution in [0.4, 0.5) is 17.3 Å². The van der Waals surface area contributed by atoms with E-state index in [2.05, 4.69) is 16.0 Å². The highest BCUT2D eigenvalue weighted by Gasteiger charge is 2.17. The Balaban J connectivity index is 2.16. The van der Waals surface area contributed by atoms with Gasteiger partial charge in [-0.1, -0.05) is 0 Å². The summed E-state index contributed by atoms with van der Waals surface area (Å²) >= 11 is 0. The molecular formula is C17H19N5O. The fourth-order valence-corrected chi connectivity index (χ4v) is 2.95. The quantitative estimate of drug-likeness (QED) is 0.902. The van der Waals surface area contributed by atoms with Crippen molar-refractivity contribution in [3.05, 3.63) is 29.8 Å². The predicted molar refractivity (Wildman–Crippen MR) is 91.2 cm³/mol. The summed E-state index contributed by atoms with van der Waals surface area (Å²) < 4.78 is 5.42. The lowest BCUT2D eigenvalue weighted by Gasteiger charge is -2.20. The molecule has 1 fully saturated rings. The molecule has 1 saturated heterocycles. The molecule has 6 nitrogen and oxygen atoms in total. The third-order valence-corrected chi connectivity index (χ3v) is 4.09. The van der Waals surface area contributed by atoms with Crippen molar-refractivity contribution in [3.8, 4) is 22.9 Å². The Morgan fingerprint density at radius 1 is 1.17 bits per heavy atom. The van der Waals surface area contributed by atoms with E-state index in [1.807, 2.05) is 18.2 Å². The Kier molecular flexibility index (Phi) is 3.94. The summed E-state index contributed by atoms with van der Waals surface area (Å²) in [5.41, 5.74) is 14.6. The van der Waals surface area contributed by atoms with E-state index in [9.17, 15) is 5.26 Å². The van der Waals surface area contributed by atoms with E-state index in [1.165, 1.54) is 12.8 Å². The van der Waals surface area contributed by atoms with Crippen LogP contribution in [-0.2, 0) is 0 Å². The topological polar surface area (TPSA) is 101 Å². The molecule has 0 bridgehead atoms. The zero-order valence-corrected chi connectivity index (χ0v) is 13.0. The molecule has 3 rings (SSSR count). The van der Waals surface area contributed by atoms with E-state index < -0.39 is 0 Å². The summed E-state index contributed by atoms with van der Waals surface area (Å²) in [6.45, 7) is 2.05. The summed E-state index contributed by atoms with van der Waals surface area (Å²) in [4.78, 5) is 6.28. The first-order valence-electron chi connectivity index (χ1n) is 7.53. The molecule has 1 aliphatic heterocycles. The normalized spacial score (nSPS) is 13.8. The Hall–Kier alpha value is -2.94. The molecule has 2 aromatic rings. The molecule has 1 aliphatic rings. The summed E-state index contributed by atoms with van der Waals surface area (Å²) in [5, 5.41) is 9.41. The van der Waals surface area contributed by atoms with Crippen LogP contribution in [0, 0.1) is 11.3 Å². The number of methoxy groups -OCH3 is 1. The molecule has 0 spiro atoms. The predicted octanol–water partition coefficient (Wildman–Crippen LogP) is 2.39. The summed E-state index contributed by atoms with van der Waals surface area (Å²) in [6.07, 6.45) is 2.37. The number of hydrogen-bond donors (Lipinski definition) is 2. The van der Waals surface area contributed by atoms with Gasteiger partial charge in [0, 0.05) is 30.4 Å². The van der Waals surface area contributed by atoms with Gasteiger partial charge in [-0.15, -0.1) is 0 Å². The van der Waals surface area contributed by atoms with Crippen LogP contribution >= 0.6 is 0 Å². The zero-order chi connectivity index (χ0) is 16.4. The van der Waals surface area contributed by atoms with Crippen LogP contribution in [0.5, 0.6) is 5.75 Å². The van der Waals surface area contributed by atoms with E-state index in [4.69, 9.17) is 16.2 Å². The van der Waals surface area contributed by atoms with Crippen LogP contribution in [0.1, 0.15) is 18.4 Å². The van der Waals surface area contributed by atoms with Gasteiger partial charge in [0.15, 0.2) is 0 Å². The lowest BCUT2D eigenvalue weighted by Crippen LogP contribution is -2.17. The first kappa shape index (κ1) is 15.0. The van der Waals surface area contributed by atoms with Crippen molar-refractivity contribution in [1.29, 1.82) is 5.26 Å². The zero-order valence-electron chi connectivity index (χ0n) is 13.0. The number of pyridine rings is 1. The Labute approximate surface area is 135 Å². The molecule has 1 aromatic carbocycles. The molecule has 1 aromatic heterocycles. The van der Waals surface area contributed by atoms with Crippen LogP contribution in [0.3, 0.4) is 0 Å². The fourth-order valence-electron chi connectivity index (χ4n) is 2.95. The second-order valence-electron chi connectivity index (χ2n) is 5.58. The molecule has 118 valence electrons. The van der Waals surface area contributed by atoms with Gasteiger partial charge < -0.3 is 21.1 Å². The Morgan fingerprint density at radius 2 is 1.91 bits per heavy atom. The maximum atomic E-state index is 9.41. The summed E-state index contributed by atoms with van der Waals surface area (Å²) in [7, 11) is 1.63. The van der Waals surface area contributed by atoms with Crippen molar-refractivity contribution in [2.24, 2.45) is 0 Å². The van der Waals surface area contributed by atoms with Gasteiger partial charge in [-0.3, -0.25) is 0 Å². The Morgan fingerprint density at radius 3 is 2.57 bits per heavy atom. The van der Waals surface area contributed by atoms with Crippen LogP contribution in [0.25, 0.3) is 11.1 Å². The monoisotopic (exact) mass is 309 g/mol. The highest BCUT2D eigenvalue weighted by Crippen LogP contribution is 2.35. The van der Waals surface area contributed by atoms with Gasteiger partial charge in [0.1, 0.15) is 29.0 Å². The number of benzene rings is 1. The molecular weight excluding hydrogens is 290 g/mol. The van der Waals surface area contributed by atoms with Gasteiger partial charge in [-0.2, -0.15) is 5.26 Å². The average Bonchev–Trinajstić information content (AvgIpc) is 3.08. The minimum absolute atomic E-state index is 0.146. The van der Waals surface area contributed by atoms with Gasteiger partial charge in [0.25, 0.3) is 0 Å². The van der Waals surface area contributed by atoms with E-state index in [1.54, 1.807) is 13.2 Å². The fraction of sp³-hybridized carbons (Fsp3) is 0.294. The van der Waals surface area contributed by atoms with E-state index >= 15 is 0 Å². The molecule has 23 heavy (non-hydrogen) atoms. The first-order chi connectivity index (χ1) is 11.1. The Bertz CT molecular complexity index is 775. The highest BCUT2D eigenvalue weighted by molar-refractivity contribution is 5.80. The first-order valence-corrected chi connectivity index (χ1v) is 7.53. The van der Waals surface area contributed by atoms with Gasteiger partial charge in [0.05, 0.1) is 7.11 Å². The van der Waals surface area contributed by atoms with Crippen LogP contribution in [0.15, 0.2) is 24.3 Å². The van der Waals surface area contributed by atoms with E-state index in [0.29, 0.717) is 16.9 Å². The number of aromatic nitrogens is 1. The summed E-state index contributed by atoms with van der Waals surface area (Å²) in [5.74, 6) is 1.18. The van der Waals surface area contributed by atoms with Gasteiger partial charge in [0.2, 0.25) is 0 Å². The third-order valence-electron chi connectivity index (χ3n) is 4.09. The van der Waals surface area contributed by atoms with Crippen molar-refractivity contribution < 1.29 is 4.74 Å². The molecule has 6 heteroatoms. The van der Waals surface area contributed by atoms with Crippen molar-refractivity contribution in [3.63, 3.8) is 0 Å². The number of nitrogens with two attached hydrogens (primary N) is 2. The van der Waals surface area contributed by atoms with Crippen LogP contribution in [-0.4, -0.2) is 25.2 Å². The van der Waals surface area contributed by atoms with Gasteiger partial charge >= 0.3 is 0 Å². The second kappa shape index (κ2) is 6.05. The number of anilines is 3. The molecule has 0 amide bonds. The minimum atomic E-state index is 0.146. The van der Waals surface area contributed by atoms with E-state index in [-0.39, 0.29) is 5.82 Å². The standard InChI is InChI=1S/C17H19N5O/c1-23-13-7-11(6-12(8-13)22-4-2-3-5-22)14-9-16(19)21-17(20)15(14)10-18/h6-9H,2-5H2,1H3,(H4,19,20,21). The number of rotatable bonds is 3. The van der Waals surface area contributed by atoms with Crippen molar-refractivity contribution in [1.82, 2.24) is 4.98 Å². The largest absolute Gasteiger partial charge is 0.497 e.